The summed E-state index contributed by atoms with van der Waals surface area (Å²) >= 11 is 2.12. The van der Waals surface area contributed by atoms with Crippen LogP contribution < -0.4 is 5.32 Å². The lowest BCUT2D eigenvalue weighted by atomic mass is 9.93. The lowest BCUT2D eigenvalue weighted by molar-refractivity contribution is 0.425. The number of thioether (sulfide) groups is 1. The minimum atomic E-state index is 0.734. The van der Waals surface area contributed by atoms with Crippen molar-refractivity contribution in [2.45, 2.75) is 45.1 Å². The number of benzene rings is 1. The summed E-state index contributed by atoms with van der Waals surface area (Å²) in [6.45, 7) is 3.43. The van der Waals surface area contributed by atoms with E-state index in [-0.39, 0.29) is 0 Å². The maximum atomic E-state index is 3.73. The van der Waals surface area contributed by atoms with Crippen LogP contribution in [0.25, 0.3) is 0 Å². The van der Waals surface area contributed by atoms with Gasteiger partial charge in [0.05, 0.1) is 0 Å². The molecule has 1 saturated heterocycles. The van der Waals surface area contributed by atoms with Gasteiger partial charge >= 0.3 is 0 Å². The summed E-state index contributed by atoms with van der Waals surface area (Å²) in [5.41, 5.74) is 4.79. The van der Waals surface area contributed by atoms with Gasteiger partial charge in [-0.3, -0.25) is 0 Å². The molecule has 0 spiro atoms. The molecule has 104 valence electrons. The summed E-state index contributed by atoms with van der Waals surface area (Å²) in [7, 11) is 0. The minimum Gasteiger partial charge on any atom is -0.313 e. The molecule has 3 rings (SSSR count). The van der Waals surface area contributed by atoms with Crippen molar-refractivity contribution in [2.75, 3.05) is 18.1 Å². The zero-order valence-corrected chi connectivity index (χ0v) is 12.8. The van der Waals surface area contributed by atoms with Crippen molar-refractivity contribution in [3.8, 4) is 0 Å². The molecule has 1 aromatic rings. The molecule has 1 fully saturated rings. The fourth-order valence-electron chi connectivity index (χ4n) is 3.41. The quantitative estimate of drug-likeness (QED) is 0.883. The highest BCUT2D eigenvalue weighted by molar-refractivity contribution is 7.99. The van der Waals surface area contributed by atoms with E-state index >= 15 is 0 Å². The highest BCUT2D eigenvalue weighted by Gasteiger charge is 2.27. The van der Waals surface area contributed by atoms with Crippen molar-refractivity contribution in [2.24, 2.45) is 5.92 Å². The molecule has 2 unspecified atom stereocenters. The molecule has 1 heterocycles. The molecule has 1 aliphatic carbocycles. The average Bonchev–Trinajstić information content (AvgIpc) is 3.05. The molecule has 1 N–H and O–H groups in total. The lowest BCUT2D eigenvalue weighted by Crippen LogP contribution is -2.36. The van der Waals surface area contributed by atoms with Gasteiger partial charge in [0, 0.05) is 11.8 Å². The predicted octanol–water partition coefficient (Wildman–Crippen LogP) is 3.45. The lowest BCUT2D eigenvalue weighted by Gasteiger charge is -2.20. The van der Waals surface area contributed by atoms with Crippen LogP contribution in [-0.2, 0) is 19.3 Å². The monoisotopic (exact) mass is 275 g/mol. The van der Waals surface area contributed by atoms with Gasteiger partial charge in [-0.05, 0) is 67.0 Å². The van der Waals surface area contributed by atoms with Crippen LogP contribution in [0.3, 0.4) is 0 Å². The third-order valence-electron chi connectivity index (χ3n) is 4.52. The van der Waals surface area contributed by atoms with Crippen LogP contribution in [0, 0.1) is 5.92 Å². The molecule has 0 bridgehead atoms. The summed E-state index contributed by atoms with van der Waals surface area (Å²) < 4.78 is 0. The van der Waals surface area contributed by atoms with E-state index in [0.717, 1.165) is 12.0 Å². The summed E-state index contributed by atoms with van der Waals surface area (Å²) in [6, 6.07) is 7.98. The maximum absolute atomic E-state index is 3.73. The van der Waals surface area contributed by atoms with Crippen LogP contribution in [0.4, 0.5) is 0 Å². The topological polar surface area (TPSA) is 12.0 Å². The molecule has 1 aliphatic heterocycles. The standard InChI is InChI=1S/C17H25NS/c1-2-8-18-17-12-19-11-16(17)10-13-6-7-14-4-3-5-15(14)9-13/h6-7,9,16-18H,2-5,8,10-12H2,1H3. The molecule has 1 nitrogen and oxygen atoms in total. The van der Waals surface area contributed by atoms with Crippen molar-refractivity contribution >= 4 is 11.8 Å². The van der Waals surface area contributed by atoms with E-state index in [9.17, 15) is 0 Å². The highest BCUT2D eigenvalue weighted by Crippen LogP contribution is 2.29. The number of nitrogens with one attached hydrogen (secondary N) is 1. The van der Waals surface area contributed by atoms with Gasteiger partial charge in [-0.25, -0.2) is 0 Å². The highest BCUT2D eigenvalue weighted by atomic mass is 32.2. The second-order valence-electron chi connectivity index (χ2n) is 6.02. The second-order valence-corrected chi connectivity index (χ2v) is 7.09. The molecule has 0 amide bonds. The first-order chi connectivity index (χ1) is 9.36. The van der Waals surface area contributed by atoms with E-state index in [1.807, 2.05) is 0 Å². The first-order valence-corrected chi connectivity index (χ1v) is 8.94. The van der Waals surface area contributed by atoms with Gasteiger partial charge in [0.15, 0.2) is 0 Å². The minimum absolute atomic E-state index is 0.734. The molecule has 2 heteroatoms. The summed E-state index contributed by atoms with van der Waals surface area (Å²) in [5, 5.41) is 3.73. The van der Waals surface area contributed by atoms with Crippen LogP contribution in [0.2, 0.25) is 0 Å². The van der Waals surface area contributed by atoms with Gasteiger partial charge in [-0.2, -0.15) is 11.8 Å². The average molecular weight is 275 g/mol. The maximum Gasteiger partial charge on any atom is 0.0197 e. The Morgan fingerprint density at radius 1 is 1.21 bits per heavy atom. The van der Waals surface area contributed by atoms with Crippen LogP contribution in [0.1, 0.15) is 36.5 Å². The number of aryl methyl sites for hydroxylation is 2. The summed E-state index contributed by atoms with van der Waals surface area (Å²) in [6.07, 6.45) is 6.48. The number of rotatable bonds is 5. The fourth-order valence-corrected chi connectivity index (χ4v) is 4.84. The van der Waals surface area contributed by atoms with Gasteiger partial charge < -0.3 is 5.32 Å². The Morgan fingerprint density at radius 2 is 2.11 bits per heavy atom. The van der Waals surface area contributed by atoms with Gasteiger partial charge in [0.25, 0.3) is 0 Å². The van der Waals surface area contributed by atoms with Crippen molar-refractivity contribution in [1.82, 2.24) is 5.32 Å². The van der Waals surface area contributed by atoms with E-state index in [1.54, 1.807) is 16.7 Å². The third-order valence-corrected chi connectivity index (χ3v) is 5.77. The van der Waals surface area contributed by atoms with Gasteiger partial charge in [-0.15, -0.1) is 0 Å². The van der Waals surface area contributed by atoms with Gasteiger partial charge in [-0.1, -0.05) is 25.1 Å². The molecular weight excluding hydrogens is 250 g/mol. The molecule has 2 aliphatic rings. The zero-order chi connectivity index (χ0) is 13.1. The van der Waals surface area contributed by atoms with E-state index in [4.69, 9.17) is 0 Å². The normalized spacial score (nSPS) is 25.7. The third kappa shape index (κ3) is 3.17. The Hall–Kier alpha value is -0.470. The second kappa shape index (κ2) is 6.32. The van der Waals surface area contributed by atoms with E-state index in [2.05, 4.69) is 42.2 Å². The molecular formula is C17H25NS. The van der Waals surface area contributed by atoms with Crippen molar-refractivity contribution in [1.29, 1.82) is 0 Å². The first kappa shape index (κ1) is 13.5. The smallest absolute Gasteiger partial charge is 0.0197 e. The Bertz CT molecular complexity index is 429. The number of hydrogen-bond acceptors (Lipinski definition) is 2. The van der Waals surface area contributed by atoms with E-state index < -0.39 is 0 Å². The van der Waals surface area contributed by atoms with Crippen LogP contribution in [-0.4, -0.2) is 24.1 Å². The largest absolute Gasteiger partial charge is 0.313 e. The Kier molecular flexibility index (Phi) is 4.49. The molecule has 0 saturated carbocycles. The van der Waals surface area contributed by atoms with Crippen LogP contribution in [0.5, 0.6) is 0 Å². The zero-order valence-electron chi connectivity index (χ0n) is 12.0. The SMILES string of the molecule is CCCNC1CSCC1Cc1ccc2c(c1)CCC2. The predicted molar refractivity (Wildman–Crippen MR) is 85.1 cm³/mol. The summed E-state index contributed by atoms with van der Waals surface area (Å²) in [4.78, 5) is 0. The van der Waals surface area contributed by atoms with Crippen molar-refractivity contribution < 1.29 is 0 Å². The molecule has 0 aromatic heterocycles. The number of fused-ring (bicyclic) bond motifs is 1. The van der Waals surface area contributed by atoms with Crippen molar-refractivity contribution in [3.63, 3.8) is 0 Å². The van der Waals surface area contributed by atoms with Crippen molar-refractivity contribution in [3.05, 3.63) is 34.9 Å². The van der Waals surface area contributed by atoms with Crippen LogP contribution >= 0.6 is 11.8 Å². The van der Waals surface area contributed by atoms with Gasteiger partial charge in [0.2, 0.25) is 0 Å². The Morgan fingerprint density at radius 3 is 3.00 bits per heavy atom. The first-order valence-electron chi connectivity index (χ1n) is 7.78. The van der Waals surface area contributed by atoms with Crippen LogP contribution in [0.15, 0.2) is 18.2 Å². The Balaban J connectivity index is 1.64. The van der Waals surface area contributed by atoms with E-state index in [1.165, 1.54) is 50.2 Å². The molecule has 0 radical (unpaired) electrons. The Labute approximate surface area is 121 Å². The molecule has 1 aromatic carbocycles. The van der Waals surface area contributed by atoms with Gasteiger partial charge in [0.1, 0.15) is 0 Å². The number of hydrogen-bond donors (Lipinski definition) is 1. The summed E-state index contributed by atoms with van der Waals surface area (Å²) in [5.74, 6) is 3.46. The van der Waals surface area contributed by atoms with E-state index in [0.29, 0.717) is 0 Å². The molecule has 2 atom stereocenters. The fraction of sp³-hybridized carbons (Fsp3) is 0.647. The molecule has 19 heavy (non-hydrogen) atoms.